The zero-order chi connectivity index (χ0) is 17.5. The SMILES string of the molecule is COC(=O)c1ccccc1NC(=S)NC(=O)c1cccc(OC)c1. The van der Waals surface area contributed by atoms with Crippen molar-refractivity contribution in [2.24, 2.45) is 0 Å². The second-order valence-electron chi connectivity index (χ2n) is 4.68. The van der Waals surface area contributed by atoms with Gasteiger partial charge >= 0.3 is 5.97 Å². The van der Waals surface area contributed by atoms with Crippen LogP contribution in [-0.4, -0.2) is 31.2 Å². The first-order valence-electron chi connectivity index (χ1n) is 6.99. The highest BCUT2D eigenvalue weighted by Gasteiger charge is 2.13. The molecular formula is C17H16N2O4S. The van der Waals surface area contributed by atoms with Crippen LogP contribution < -0.4 is 15.4 Å². The number of methoxy groups -OCH3 is 2. The van der Waals surface area contributed by atoms with E-state index in [9.17, 15) is 9.59 Å². The number of hydrogen-bond donors (Lipinski definition) is 2. The number of para-hydroxylation sites is 1. The Bertz CT molecular complexity index is 777. The van der Waals surface area contributed by atoms with Gasteiger partial charge < -0.3 is 14.8 Å². The van der Waals surface area contributed by atoms with Crippen LogP contribution >= 0.6 is 12.2 Å². The molecule has 0 spiro atoms. The summed E-state index contributed by atoms with van der Waals surface area (Å²) in [5, 5.41) is 5.44. The van der Waals surface area contributed by atoms with Gasteiger partial charge in [-0.25, -0.2) is 4.79 Å². The second-order valence-corrected chi connectivity index (χ2v) is 5.09. The standard InChI is InChI=1S/C17H16N2O4S/c1-22-12-7-5-6-11(10-12)15(20)19-17(24)18-14-9-4-3-8-13(14)16(21)23-2/h3-10H,1-2H3,(H2,18,19,20,24). The smallest absolute Gasteiger partial charge is 0.339 e. The summed E-state index contributed by atoms with van der Waals surface area (Å²) in [5.41, 5.74) is 1.16. The van der Waals surface area contributed by atoms with E-state index in [2.05, 4.69) is 10.6 Å². The van der Waals surface area contributed by atoms with Crippen molar-refractivity contribution in [3.63, 3.8) is 0 Å². The van der Waals surface area contributed by atoms with E-state index in [0.29, 0.717) is 22.6 Å². The molecule has 1 amide bonds. The molecule has 0 aromatic heterocycles. The number of anilines is 1. The van der Waals surface area contributed by atoms with E-state index in [-0.39, 0.29) is 11.0 Å². The molecule has 0 heterocycles. The lowest BCUT2D eigenvalue weighted by Gasteiger charge is -2.12. The van der Waals surface area contributed by atoms with Crippen LogP contribution in [-0.2, 0) is 4.74 Å². The van der Waals surface area contributed by atoms with E-state index in [1.807, 2.05) is 0 Å². The Morgan fingerprint density at radius 1 is 1.04 bits per heavy atom. The van der Waals surface area contributed by atoms with Crippen LogP contribution in [0.1, 0.15) is 20.7 Å². The number of hydrogen-bond acceptors (Lipinski definition) is 5. The minimum absolute atomic E-state index is 0.0687. The van der Waals surface area contributed by atoms with Gasteiger partial charge in [-0.3, -0.25) is 10.1 Å². The maximum atomic E-state index is 12.2. The molecule has 24 heavy (non-hydrogen) atoms. The lowest BCUT2D eigenvalue weighted by atomic mass is 10.2. The van der Waals surface area contributed by atoms with Crippen molar-refractivity contribution in [3.05, 3.63) is 59.7 Å². The van der Waals surface area contributed by atoms with Crippen LogP contribution in [0, 0.1) is 0 Å². The predicted octanol–water partition coefficient (Wildman–Crippen LogP) is 2.61. The van der Waals surface area contributed by atoms with Gasteiger partial charge in [0.05, 0.1) is 25.5 Å². The first-order valence-corrected chi connectivity index (χ1v) is 7.39. The number of esters is 1. The van der Waals surface area contributed by atoms with Crippen molar-refractivity contribution in [3.8, 4) is 5.75 Å². The Balaban J connectivity index is 2.08. The molecule has 0 aliphatic heterocycles. The first-order chi connectivity index (χ1) is 11.5. The van der Waals surface area contributed by atoms with E-state index < -0.39 is 5.97 Å². The maximum absolute atomic E-state index is 12.2. The summed E-state index contributed by atoms with van der Waals surface area (Å²) in [6, 6.07) is 13.4. The number of thiocarbonyl (C=S) groups is 1. The minimum Gasteiger partial charge on any atom is -0.497 e. The van der Waals surface area contributed by atoms with Gasteiger partial charge in [0.25, 0.3) is 5.91 Å². The van der Waals surface area contributed by atoms with Crippen molar-refractivity contribution >= 4 is 34.9 Å². The van der Waals surface area contributed by atoms with Crippen molar-refractivity contribution in [2.75, 3.05) is 19.5 Å². The molecule has 2 N–H and O–H groups in total. The first kappa shape index (κ1) is 17.4. The molecule has 0 atom stereocenters. The second kappa shape index (κ2) is 8.07. The fraction of sp³-hybridized carbons (Fsp3) is 0.118. The molecule has 7 heteroatoms. The van der Waals surface area contributed by atoms with Crippen LogP contribution in [0.4, 0.5) is 5.69 Å². The number of amides is 1. The summed E-state index contributed by atoms with van der Waals surface area (Å²) in [4.78, 5) is 23.9. The van der Waals surface area contributed by atoms with Crippen molar-refractivity contribution in [1.82, 2.24) is 5.32 Å². The molecule has 0 radical (unpaired) electrons. The fourth-order valence-electron chi connectivity index (χ4n) is 1.97. The molecule has 2 aromatic rings. The molecule has 124 valence electrons. The summed E-state index contributed by atoms with van der Waals surface area (Å²) in [7, 11) is 2.81. The molecule has 0 saturated heterocycles. The Morgan fingerprint density at radius 3 is 2.50 bits per heavy atom. The molecule has 0 aliphatic rings. The van der Waals surface area contributed by atoms with Crippen LogP contribution in [0.15, 0.2) is 48.5 Å². The van der Waals surface area contributed by atoms with E-state index in [1.165, 1.54) is 14.2 Å². The Kier molecular flexibility index (Phi) is 5.86. The summed E-state index contributed by atoms with van der Waals surface area (Å²) in [6.07, 6.45) is 0. The average molecular weight is 344 g/mol. The van der Waals surface area contributed by atoms with Crippen LogP contribution in [0.3, 0.4) is 0 Å². The lowest BCUT2D eigenvalue weighted by Crippen LogP contribution is -2.34. The topological polar surface area (TPSA) is 76.7 Å². The molecule has 0 unspecified atom stereocenters. The Hall–Kier alpha value is -2.93. The molecule has 0 bridgehead atoms. The van der Waals surface area contributed by atoms with Gasteiger partial charge in [0.15, 0.2) is 5.11 Å². The summed E-state index contributed by atoms with van der Waals surface area (Å²) in [5.74, 6) is -0.320. The molecule has 2 rings (SSSR count). The van der Waals surface area contributed by atoms with Gasteiger partial charge in [-0.15, -0.1) is 0 Å². The van der Waals surface area contributed by atoms with Gasteiger partial charge in [-0.1, -0.05) is 18.2 Å². The number of nitrogens with one attached hydrogen (secondary N) is 2. The Labute approximate surface area is 144 Å². The molecule has 0 aliphatic carbocycles. The highest BCUT2D eigenvalue weighted by atomic mass is 32.1. The zero-order valence-corrected chi connectivity index (χ0v) is 14.0. The van der Waals surface area contributed by atoms with Crippen molar-refractivity contribution in [2.45, 2.75) is 0 Å². The largest absolute Gasteiger partial charge is 0.497 e. The third-order valence-corrected chi connectivity index (χ3v) is 3.34. The monoisotopic (exact) mass is 344 g/mol. The third kappa shape index (κ3) is 4.30. The lowest BCUT2D eigenvalue weighted by molar-refractivity contribution is 0.0602. The number of ether oxygens (including phenoxy) is 2. The van der Waals surface area contributed by atoms with Crippen LogP contribution in [0.5, 0.6) is 5.75 Å². The highest BCUT2D eigenvalue weighted by molar-refractivity contribution is 7.80. The molecule has 0 fully saturated rings. The zero-order valence-electron chi connectivity index (χ0n) is 13.2. The highest BCUT2D eigenvalue weighted by Crippen LogP contribution is 2.16. The normalized spacial score (nSPS) is 9.75. The number of rotatable bonds is 4. The molecule has 2 aromatic carbocycles. The van der Waals surface area contributed by atoms with Gasteiger partial charge in [0.1, 0.15) is 5.75 Å². The minimum atomic E-state index is -0.500. The van der Waals surface area contributed by atoms with E-state index >= 15 is 0 Å². The van der Waals surface area contributed by atoms with Gasteiger partial charge in [0.2, 0.25) is 0 Å². The number of benzene rings is 2. The summed E-state index contributed by atoms with van der Waals surface area (Å²) >= 11 is 5.13. The van der Waals surface area contributed by atoms with E-state index in [4.69, 9.17) is 21.7 Å². The molecule has 6 nitrogen and oxygen atoms in total. The average Bonchev–Trinajstić information content (AvgIpc) is 2.61. The predicted molar refractivity (Wildman–Crippen MR) is 94.5 cm³/mol. The quantitative estimate of drug-likeness (QED) is 0.656. The van der Waals surface area contributed by atoms with Gasteiger partial charge in [-0.05, 0) is 42.5 Å². The van der Waals surface area contributed by atoms with E-state index in [1.54, 1.807) is 48.5 Å². The third-order valence-electron chi connectivity index (χ3n) is 3.14. The van der Waals surface area contributed by atoms with Crippen LogP contribution in [0.2, 0.25) is 0 Å². The van der Waals surface area contributed by atoms with Crippen LogP contribution in [0.25, 0.3) is 0 Å². The molecule has 0 saturated carbocycles. The van der Waals surface area contributed by atoms with E-state index in [0.717, 1.165) is 0 Å². The van der Waals surface area contributed by atoms with Gasteiger partial charge in [-0.2, -0.15) is 0 Å². The van der Waals surface area contributed by atoms with Crippen molar-refractivity contribution < 1.29 is 19.1 Å². The Morgan fingerprint density at radius 2 is 1.79 bits per heavy atom. The number of carbonyl (C=O) groups excluding carboxylic acids is 2. The fourth-order valence-corrected chi connectivity index (χ4v) is 2.18. The summed E-state index contributed by atoms with van der Waals surface area (Å²) < 4.78 is 9.79. The van der Waals surface area contributed by atoms with Gasteiger partial charge in [0, 0.05) is 5.56 Å². The summed E-state index contributed by atoms with van der Waals surface area (Å²) in [6.45, 7) is 0. The maximum Gasteiger partial charge on any atom is 0.339 e. The molecular weight excluding hydrogens is 328 g/mol. The van der Waals surface area contributed by atoms with Crippen molar-refractivity contribution in [1.29, 1.82) is 0 Å². The number of carbonyl (C=O) groups is 2.